The van der Waals surface area contributed by atoms with Crippen molar-refractivity contribution in [2.45, 2.75) is 41.1 Å². The van der Waals surface area contributed by atoms with E-state index >= 15 is 0 Å². The lowest BCUT2D eigenvalue weighted by atomic mass is 10.0. The number of benzene rings is 3. The highest BCUT2D eigenvalue weighted by molar-refractivity contribution is 8.03. The molecule has 2 unspecified atom stereocenters. The van der Waals surface area contributed by atoms with Crippen LogP contribution >= 0.6 is 0 Å². The van der Waals surface area contributed by atoms with Crippen molar-refractivity contribution < 1.29 is 8.42 Å². The monoisotopic (exact) mass is 396 g/mol. The van der Waals surface area contributed by atoms with Crippen molar-refractivity contribution in [2.75, 3.05) is 0 Å². The van der Waals surface area contributed by atoms with E-state index in [4.69, 9.17) is 0 Å². The van der Waals surface area contributed by atoms with Crippen LogP contribution in [0.5, 0.6) is 0 Å². The van der Waals surface area contributed by atoms with Crippen LogP contribution in [0.3, 0.4) is 0 Å². The Labute approximate surface area is 166 Å². The van der Waals surface area contributed by atoms with Gasteiger partial charge in [0.05, 0.1) is 21.6 Å². The molecule has 0 aromatic heterocycles. The van der Waals surface area contributed by atoms with E-state index in [9.17, 15) is 8.42 Å². The zero-order valence-corrected chi connectivity index (χ0v) is 17.4. The van der Waals surface area contributed by atoms with Gasteiger partial charge in [-0.15, -0.1) is 0 Å². The van der Waals surface area contributed by atoms with Gasteiger partial charge >= 0.3 is 0 Å². The minimum atomic E-state index is -1.40. The summed E-state index contributed by atoms with van der Waals surface area (Å²) in [6.45, 7) is 6.01. The summed E-state index contributed by atoms with van der Waals surface area (Å²) < 4.78 is 26.4. The second-order valence-corrected chi connectivity index (χ2v) is 10.2. The first-order chi connectivity index (χ1) is 13.0. The van der Waals surface area contributed by atoms with Gasteiger partial charge in [-0.2, -0.15) is 0 Å². The molecule has 0 spiro atoms. The Bertz CT molecular complexity index is 875. The molecule has 3 atom stereocenters. The van der Waals surface area contributed by atoms with Crippen molar-refractivity contribution in [1.29, 1.82) is 0 Å². The van der Waals surface area contributed by atoms with E-state index in [2.05, 4.69) is 0 Å². The van der Waals surface area contributed by atoms with Crippen LogP contribution in [0.25, 0.3) is 0 Å². The van der Waals surface area contributed by atoms with Gasteiger partial charge in [-0.05, 0) is 43.7 Å². The Morgan fingerprint density at radius 2 is 1.04 bits per heavy atom. The van der Waals surface area contributed by atoms with Crippen molar-refractivity contribution in [1.82, 2.24) is 0 Å². The van der Waals surface area contributed by atoms with Crippen molar-refractivity contribution in [3.8, 4) is 0 Å². The van der Waals surface area contributed by atoms with Crippen LogP contribution in [-0.4, -0.2) is 13.0 Å². The van der Waals surface area contributed by atoms with Crippen LogP contribution in [-0.2, 0) is 21.6 Å². The standard InChI is InChI=1S/C23H24O2S2/c1-17-9-13-21(14-10-17)26(24)23(19(3)20-7-5-4-6-8-20)27(25)22-15-11-18(2)12-16-22/h4-16,19,23H,1-3H3/t19-,23?,26?,27?/m1/s1. The van der Waals surface area contributed by atoms with E-state index in [-0.39, 0.29) is 5.92 Å². The molecule has 0 saturated heterocycles. The Kier molecular flexibility index (Phi) is 6.40. The van der Waals surface area contributed by atoms with E-state index in [1.807, 2.05) is 99.6 Å². The Morgan fingerprint density at radius 1 is 0.630 bits per heavy atom. The summed E-state index contributed by atoms with van der Waals surface area (Å²) in [4.78, 5) is 1.43. The molecule has 0 N–H and O–H groups in total. The van der Waals surface area contributed by atoms with Crippen LogP contribution in [0.4, 0.5) is 0 Å². The number of hydrogen-bond donors (Lipinski definition) is 0. The quantitative estimate of drug-likeness (QED) is 0.563. The molecule has 0 bridgehead atoms. The summed E-state index contributed by atoms with van der Waals surface area (Å²) in [6, 6.07) is 25.2. The van der Waals surface area contributed by atoms with Gasteiger partial charge in [0, 0.05) is 15.7 Å². The molecular weight excluding hydrogens is 372 g/mol. The first-order valence-electron chi connectivity index (χ1n) is 8.97. The van der Waals surface area contributed by atoms with Crippen LogP contribution in [0.1, 0.15) is 29.5 Å². The van der Waals surface area contributed by atoms with Crippen LogP contribution in [0, 0.1) is 13.8 Å². The normalized spacial score (nSPS) is 15.7. The Balaban J connectivity index is 2.02. The first kappa shape index (κ1) is 19.7. The SMILES string of the molecule is Cc1ccc(S(=O)C([C@H](C)c2ccccc2)S(=O)c2ccc(C)cc2)cc1. The van der Waals surface area contributed by atoms with Gasteiger partial charge in [0.2, 0.25) is 0 Å². The average Bonchev–Trinajstić information content (AvgIpc) is 2.69. The molecule has 0 heterocycles. The van der Waals surface area contributed by atoms with Gasteiger partial charge < -0.3 is 0 Å². The number of hydrogen-bond acceptors (Lipinski definition) is 2. The second kappa shape index (κ2) is 8.77. The number of rotatable bonds is 6. The Hall–Kier alpha value is -2.04. The van der Waals surface area contributed by atoms with E-state index < -0.39 is 26.2 Å². The third-order valence-electron chi connectivity index (χ3n) is 4.66. The number of aryl methyl sites for hydroxylation is 2. The van der Waals surface area contributed by atoms with Crippen molar-refractivity contribution >= 4 is 21.6 Å². The van der Waals surface area contributed by atoms with Crippen molar-refractivity contribution in [3.63, 3.8) is 0 Å². The predicted octanol–water partition coefficient (Wildman–Crippen LogP) is 5.35. The molecule has 0 aliphatic heterocycles. The lowest BCUT2D eigenvalue weighted by Gasteiger charge is -2.23. The zero-order chi connectivity index (χ0) is 19.4. The zero-order valence-electron chi connectivity index (χ0n) is 15.8. The van der Waals surface area contributed by atoms with Gasteiger partial charge in [-0.1, -0.05) is 72.6 Å². The molecule has 3 aromatic carbocycles. The maximum Gasteiger partial charge on any atom is 0.126 e. The molecule has 0 aliphatic rings. The molecule has 0 amide bonds. The van der Waals surface area contributed by atoms with Gasteiger partial charge in [-0.25, -0.2) is 0 Å². The fraction of sp³-hybridized carbons (Fsp3) is 0.217. The third kappa shape index (κ3) is 4.63. The average molecular weight is 397 g/mol. The minimum absolute atomic E-state index is 0.115. The van der Waals surface area contributed by atoms with Gasteiger partial charge in [0.15, 0.2) is 0 Å². The lowest BCUT2D eigenvalue weighted by Crippen LogP contribution is -2.27. The molecule has 0 radical (unpaired) electrons. The van der Waals surface area contributed by atoms with Crippen LogP contribution in [0.2, 0.25) is 0 Å². The van der Waals surface area contributed by atoms with E-state index in [0.29, 0.717) is 9.79 Å². The van der Waals surface area contributed by atoms with E-state index in [0.717, 1.165) is 16.7 Å². The van der Waals surface area contributed by atoms with Crippen molar-refractivity contribution in [3.05, 3.63) is 95.6 Å². The lowest BCUT2D eigenvalue weighted by molar-refractivity contribution is 0.656. The van der Waals surface area contributed by atoms with Crippen LogP contribution < -0.4 is 0 Å². The molecule has 0 fully saturated rings. The van der Waals surface area contributed by atoms with E-state index in [1.165, 1.54) is 0 Å². The summed E-state index contributed by atoms with van der Waals surface area (Å²) in [6.07, 6.45) is 0. The third-order valence-corrected chi connectivity index (χ3v) is 8.84. The van der Waals surface area contributed by atoms with Gasteiger partial charge in [-0.3, -0.25) is 8.42 Å². The molecule has 3 rings (SSSR count). The van der Waals surface area contributed by atoms with Crippen LogP contribution in [0.15, 0.2) is 88.7 Å². The smallest absolute Gasteiger partial charge is 0.126 e. The van der Waals surface area contributed by atoms with E-state index in [1.54, 1.807) is 0 Å². The molecule has 2 nitrogen and oxygen atoms in total. The molecule has 140 valence electrons. The summed E-state index contributed by atoms with van der Waals surface area (Å²) >= 11 is 0. The van der Waals surface area contributed by atoms with Crippen molar-refractivity contribution in [2.24, 2.45) is 0 Å². The van der Waals surface area contributed by atoms with Gasteiger partial charge in [0.25, 0.3) is 0 Å². The molecular formula is C23H24O2S2. The largest absolute Gasteiger partial charge is 0.253 e. The molecule has 0 aliphatic carbocycles. The highest BCUT2D eigenvalue weighted by Gasteiger charge is 2.32. The maximum absolute atomic E-state index is 13.5. The fourth-order valence-corrected chi connectivity index (χ4v) is 6.68. The summed E-state index contributed by atoms with van der Waals surface area (Å²) in [5.41, 5.74) is 3.27. The molecule has 0 saturated carbocycles. The fourth-order valence-electron chi connectivity index (χ4n) is 2.98. The van der Waals surface area contributed by atoms with Gasteiger partial charge in [0.1, 0.15) is 4.58 Å². The Morgan fingerprint density at radius 3 is 1.44 bits per heavy atom. The predicted molar refractivity (Wildman–Crippen MR) is 114 cm³/mol. The first-order valence-corrected chi connectivity index (χ1v) is 11.4. The summed E-state index contributed by atoms with van der Waals surface area (Å²) in [5, 5.41) is 0. The highest BCUT2D eigenvalue weighted by atomic mass is 32.2. The molecule has 3 aromatic rings. The second-order valence-electron chi connectivity index (χ2n) is 6.79. The molecule has 4 heteroatoms. The summed E-state index contributed by atoms with van der Waals surface area (Å²) in [5.74, 6) is -0.115. The topological polar surface area (TPSA) is 34.1 Å². The maximum atomic E-state index is 13.5. The summed E-state index contributed by atoms with van der Waals surface area (Å²) in [7, 11) is -2.79. The highest BCUT2D eigenvalue weighted by Crippen LogP contribution is 2.31. The molecule has 27 heavy (non-hydrogen) atoms. The minimum Gasteiger partial charge on any atom is -0.253 e.